The average Bonchev–Trinajstić information content (AvgIpc) is 2.38. The number of pyridine rings is 1. The summed E-state index contributed by atoms with van der Waals surface area (Å²) in [5, 5.41) is 0. The second-order valence-electron chi connectivity index (χ2n) is 4.78. The zero-order valence-corrected chi connectivity index (χ0v) is 11.5. The van der Waals surface area contributed by atoms with Gasteiger partial charge in [0.2, 0.25) is 0 Å². The smallest absolute Gasteiger partial charge is 0.147 e. The monoisotopic (exact) mass is 257 g/mol. The Bertz CT molecular complexity index is 551. The quantitative estimate of drug-likeness (QED) is 0.648. The summed E-state index contributed by atoms with van der Waals surface area (Å²) in [7, 11) is 0. The van der Waals surface area contributed by atoms with E-state index in [-0.39, 0.29) is 0 Å². The van der Waals surface area contributed by atoms with E-state index in [1.807, 2.05) is 25.1 Å². The molecule has 19 heavy (non-hydrogen) atoms. The molecule has 0 aromatic carbocycles. The van der Waals surface area contributed by atoms with Crippen LogP contribution in [0.1, 0.15) is 42.5 Å². The van der Waals surface area contributed by atoms with Crippen molar-refractivity contribution in [3.8, 4) is 0 Å². The maximum absolute atomic E-state index is 5.56. The molecule has 5 heteroatoms. The summed E-state index contributed by atoms with van der Waals surface area (Å²) in [4.78, 5) is 13.3. The van der Waals surface area contributed by atoms with Crippen LogP contribution in [-0.2, 0) is 6.42 Å². The Kier molecular flexibility index (Phi) is 4.06. The van der Waals surface area contributed by atoms with Crippen molar-refractivity contribution in [2.24, 2.45) is 5.84 Å². The SMILES string of the molecule is Cc1nc(Cc2ccccn2)nc(NN)c1C(C)C. The van der Waals surface area contributed by atoms with Gasteiger partial charge in [-0.2, -0.15) is 0 Å². The third-order valence-electron chi connectivity index (χ3n) is 2.96. The van der Waals surface area contributed by atoms with Gasteiger partial charge in [-0.05, 0) is 25.0 Å². The lowest BCUT2D eigenvalue weighted by Gasteiger charge is -2.15. The number of hydrogen-bond donors (Lipinski definition) is 2. The maximum Gasteiger partial charge on any atom is 0.147 e. The van der Waals surface area contributed by atoms with Gasteiger partial charge in [0.15, 0.2) is 0 Å². The molecule has 0 aliphatic carbocycles. The maximum atomic E-state index is 5.56. The van der Waals surface area contributed by atoms with Crippen molar-refractivity contribution < 1.29 is 0 Å². The minimum Gasteiger partial charge on any atom is -0.308 e. The molecule has 0 spiro atoms. The number of anilines is 1. The van der Waals surface area contributed by atoms with Gasteiger partial charge in [-0.1, -0.05) is 19.9 Å². The largest absolute Gasteiger partial charge is 0.308 e. The summed E-state index contributed by atoms with van der Waals surface area (Å²) in [5.41, 5.74) is 5.64. The molecular weight excluding hydrogens is 238 g/mol. The first-order valence-corrected chi connectivity index (χ1v) is 6.35. The highest BCUT2D eigenvalue weighted by Gasteiger charge is 2.14. The van der Waals surface area contributed by atoms with Crippen molar-refractivity contribution >= 4 is 5.82 Å². The fourth-order valence-corrected chi connectivity index (χ4v) is 2.18. The van der Waals surface area contributed by atoms with Crippen LogP contribution in [-0.4, -0.2) is 15.0 Å². The van der Waals surface area contributed by atoms with Gasteiger partial charge in [-0.25, -0.2) is 15.8 Å². The summed E-state index contributed by atoms with van der Waals surface area (Å²) in [5.74, 6) is 7.32. The molecule has 2 heterocycles. The molecule has 2 rings (SSSR count). The van der Waals surface area contributed by atoms with Gasteiger partial charge < -0.3 is 5.43 Å². The highest BCUT2D eigenvalue weighted by Crippen LogP contribution is 2.24. The van der Waals surface area contributed by atoms with Crippen LogP contribution < -0.4 is 11.3 Å². The first kappa shape index (κ1) is 13.4. The van der Waals surface area contributed by atoms with E-state index < -0.39 is 0 Å². The van der Waals surface area contributed by atoms with Gasteiger partial charge >= 0.3 is 0 Å². The number of nitrogens with two attached hydrogens (primary N) is 1. The van der Waals surface area contributed by atoms with Gasteiger partial charge in [0.25, 0.3) is 0 Å². The summed E-state index contributed by atoms with van der Waals surface area (Å²) in [6.07, 6.45) is 2.38. The van der Waals surface area contributed by atoms with Crippen molar-refractivity contribution in [3.63, 3.8) is 0 Å². The van der Waals surface area contributed by atoms with Gasteiger partial charge in [0, 0.05) is 23.1 Å². The topological polar surface area (TPSA) is 76.7 Å². The lowest BCUT2D eigenvalue weighted by molar-refractivity contribution is 0.808. The number of nitrogens with zero attached hydrogens (tertiary/aromatic N) is 3. The number of hydrogen-bond acceptors (Lipinski definition) is 5. The molecule has 0 bridgehead atoms. The Morgan fingerprint density at radius 3 is 2.63 bits per heavy atom. The number of hydrazine groups is 1. The highest BCUT2D eigenvalue weighted by atomic mass is 15.3. The Hall–Kier alpha value is -2.01. The van der Waals surface area contributed by atoms with E-state index in [4.69, 9.17) is 5.84 Å². The van der Waals surface area contributed by atoms with Crippen LogP contribution in [0.3, 0.4) is 0 Å². The Balaban J connectivity index is 2.36. The van der Waals surface area contributed by atoms with Gasteiger partial charge in [-0.15, -0.1) is 0 Å². The summed E-state index contributed by atoms with van der Waals surface area (Å²) in [6.45, 7) is 6.19. The fourth-order valence-electron chi connectivity index (χ4n) is 2.18. The van der Waals surface area contributed by atoms with E-state index in [1.54, 1.807) is 6.20 Å². The standard InChI is InChI=1S/C14H19N5/c1-9(2)13-10(3)17-12(18-14(13)19-15)8-11-6-4-5-7-16-11/h4-7,9H,8,15H2,1-3H3,(H,17,18,19). The van der Waals surface area contributed by atoms with Gasteiger partial charge in [0.05, 0.1) is 6.42 Å². The number of nitrogen functional groups attached to an aromatic ring is 1. The molecule has 5 nitrogen and oxygen atoms in total. The Morgan fingerprint density at radius 2 is 2.05 bits per heavy atom. The fraction of sp³-hybridized carbons (Fsp3) is 0.357. The van der Waals surface area contributed by atoms with Gasteiger partial charge in [-0.3, -0.25) is 4.98 Å². The normalized spacial score (nSPS) is 10.8. The van der Waals surface area contributed by atoms with E-state index in [0.717, 1.165) is 22.8 Å². The third-order valence-corrected chi connectivity index (χ3v) is 2.96. The second-order valence-corrected chi connectivity index (χ2v) is 4.78. The predicted octanol–water partition coefficient (Wildman–Crippen LogP) is 2.18. The molecule has 0 amide bonds. The van der Waals surface area contributed by atoms with Crippen LogP contribution in [0.5, 0.6) is 0 Å². The zero-order valence-electron chi connectivity index (χ0n) is 11.5. The lowest BCUT2D eigenvalue weighted by Crippen LogP contribution is -2.16. The van der Waals surface area contributed by atoms with Crippen LogP contribution in [0.4, 0.5) is 5.82 Å². The van der Waals surface area contributed by atoms with Crippen LogP contribution in [0.25, 0.3) is 0 Å². The molecular formula is C14H19N5. The Morgan fingerprint density at radius 1 is 1.26 bits per heavy atom. The van der Waals surface area contributed by atoms with Crippen LogP contribution in [0, 0.1) is 6.92 Å². The minimum absolute atomic E-state index is 0.329. The molecule has 2 aromatic heterocycles. The number of rotatable bonds is 4. The van der Waals surface area contributed by atoms with E-state index in [2.05, 4.69) is 34.2 Å². The third kappa shape index (κ3) is 3.06. The molecule has 0 fully saturated rings. The van der Waals surface area contributed by atoms with Crippen molar-refractivity contribution in [1.82, 2.24) is 15.0 Å². The van der Waals surface area contributed by atoms with E-state index in [9.17, 15) is 0 Å². The van der Waals surface area contributed by atoms with Gasteiger partial charge in [0.1, 0.15) is 11.6 Å². The number of nitrogens with one attached hydrogen (secondary N) is 1. The van der Waals surface area contributed by atoms with Crippen molar-refractivity contribution in [2.45, 2.75) is 33.1 Å². The summed E-state index contributed by atoms with van der Waals surface area (Å²) < 4.78 is 0. The molecule has 0 atom stereocenters. The summed E-state index contributed by atoms with van der Waals surface area (Å²) >= 11 is 0. The van der Waals surface area contributed by atoms with Crippen molar-refractivity contribution in [1.29, 1.82) is 0 Å². The first-order valence-electron chi connectivity index (χ1n) is 6.35. The van der Waals surface area contributed by atoms with E-state index in [0.29, 0.717) is 18.2 Å². The predicted molar refractivity (Wildman–Crippen MR) is 75.7 cm³/mol. The number of aromatic nitrogens is 3. The van der Waals surface area contributed by atoms with Crippen molar-refractivity contribution in [2.75, 3.05) is 5.43 Å². The second kappa shape index (κ2) is 5.75. The highest BCUT2D eigenvalue weighted by molar-refractivity contribution is 5.47. The van der Waals surface area contributed by atoms with Crippen LogP contribution in [0.15, 0.2) is 24.4 Å². The molecule has 0 unspecified atom stereocenters. The molecule has 0 saturated carbocycles. The van der Waals surface area contributed by atoms with E-state index >= 15 is 0 Å². The first-order chi connectivity index (χ1) is 9.11. The average molecular weight is 257 g/mol. The lowest BCUT2D eigenvalue weighted by atomic mass is 10.0. The summed E-state index contributed by atoms with van der Waals surface area (Å²) in [6, 6.07) is 5.81. The molecule has 2 aromatic rings. The Labute approximate surface area is 113 Å². The van der Waals surface area contributed by atoms with Crippen LogP contribution >= 0.6 is 0 Å². The molecule has 0 aliphatic heterocycles. The molecule has 0 aliphatic rings. The van der Waals surface area contributed by atoms with E-state index in [1.165, 1.54) is 0 Å². The minimum atomic E-state index is 0.329. The van der Waals surface area contributed by atoms with Crippen molar-refractivity contribution in [3.05, 3.63) is 47.2 Å². The zero-order chi connectivity index (χ0) is 13.8. The molecule has 0 saturated heterocycles. The molecule has 3 N–H and O–H groups in total. The van der Waals surface area contributed by atoms with Crippen LogP contribution in [0.2, 0.25) is 0 Å². The molecule has 0 radical (unpaired) electrons. The molecule has 100 valence electrons. The number of aryl methyl sites for hydroxylation is 1.